The predicted octanol–water partition coefficient (Wildman–Crippen LogP) is 2.81. The van der Waals surface area contributed by atoms with Crippen LogP contribution in [0.2, 0.25) is 0 Å². The van der Waals surface area contributed by atoms with Crippen molar-refractivity contribution in [2.75, 3.05) is 0 Å². The average Bonchev–Trinajstić information content (AvgIpc) is 2.98. The van der Waals surface area contributed by atoms with Gasteiger partial charge in [-0.3, -0.25) is 4.79 Å². The number of carboxylic acid groups (broad SMARTS) is 1. The van der Waals surface area contributed by atoms with Crippen molar-refractivity contribution >= 4 is 12.0 Å². The minimum atomic E-state index is -0.666. The Balaban J connectivity index is 2.07. The van der Waals surface area contributed by atoms with Crippen molar-refractivity contribution in [3.05, 3.63) is 41.5 Å². The second-order valence-electron chi connectivity index (χ2n) is 4.09. The second-order valence-corrected chi connectivity index (χ2v) is 4.09. The van der Waals surface area contributed by atoms with E-state index in [0.717, 1.165) is 12.0 Å². The van der Waals surface area contributed by atoms with Crippen LogP contribution < -0.4 is 0 Å². The first-order valence-electron chi connectivity index (χ1n) is 5.14. The Morgan fingerprint density at radius 3 is 2.53 bits per heavy atom. The summed E-state index contributed by atoms with van der Waals surface area (Å²) in [6.07, 6.45) is 2.87. The molecule has 1 saturated carbocycles. The summed E-state index contributed by atoms with van der Waals surface area (Å²) in [5.41, 5.74) is 2.32. The minimum Gasteiger partial charge on any atom is -0.481 e. The largest absolute Gasteiger partial charge is 0.481 e. The summed E-state index contributed by atoms with van der Waals surface area (Å²) in [6, 6.07) is 10.0. The third kappa shape index (κ3) is 2.27. The molecule has 2 rings (SSSR count). The summed E-state index contributed by atoms with van der Waals surface area (Å²) in [5, 5.41) is 8.81. The van der Waals surface area contributed by atoms with E-state index in [1.54, 1.807) is 0 Å². The molecule has 1 aromatic carbocycles. The Labute approximate surface area is 89.2 Å². The molecule has 2 nitrogen and oxygen atoms in total. The van der Waals surface area contributed by atoms with Crippen molar-refractivity contribution in [1.29, 1.82) is 0 Å². The maximum atomic E-state index is 10.7. The number of hydrogen-bond acceptors (Lipinski definition) is 1. The van der Waals surface area contributed by atoms with E-state index in [1.165, 1.54) is 5.57 Å². The van der Waals surface area contributed by atoms with Gasteiger partial charge < -0.3 is 5.11 Å². The van der Waals surface area contributed by atoms with Gasteiger partial charge in [-0.2, -0.15) is 0 Å². The monoisotopic (exact) mass is 202 g/mol. The molecule has 0 heterocycles. The molecule has 0 spiro atoms. The minimum absolute atomic E-state index is 0.148. The zero-order valence-electron chi connectivity index (χ0n) is 8.68. The first kappa shape index (κ1) is 9.97. The first-order chi connectivity index (χ1) is 7.18. The summed E-state index contributed by atoms with van der Waals surface area (Å²) in [6.45, 7) is 2.01. The van der Waals surface area contributed by atoms with E-state index in [9.17, 15) is 4.79 Å². The summed E-state index contributed by atoms with van der Waals surface area (Å²) < 4.78 is 0. The van der Waals surface area contributed by atoms with E-state index >= 15 is 0 Å². The summed E-state index contributed by atoms with van der Waals surface area (Å²) >= 11 is 0. The number of benzene rings is 1. The van der Waals surface area contributed by atoms with Crippen LogP contribution in [-0.4, -0.2) is 11.1 Å². The van der Waals surface area contributed by atoms with Gasteiger partial charge in [0.25, 0.3) is 0 Å². The lowest BCUT2D eigenvalue weighted by atomic mass is 10.1. The third-order valence-corrected chi connectivity index (χ3v) is 2.89. The van der Waals surface area contributed by atoms with Gasteiger partial charge in [-0.15, -0.1) is 0 Å². The number of rotatable bonds is 3. The molecule has 0 bridgehead atoms. The molecule has 1 aromatic rings. The molecule has 1 fully saturated rings. The molecular weight excluding hydrogens is 188 g/mol. The van der Waals surface area contributed by atoms with Gasteiger partial charge in [0.1, 0.15) is 0 Å². The maximum Gasteiger partial charge on any atom is 0.307 e. The van der Waals surface area contributed by atoms with E-state index < -0.39 is 5.97 Å². The van der Waals surface area contributed by atoms with Crippen LogP contribution in [0.4, 0.5) is 0 Å². The lowest BCUT2D eigenvalue weighted by Gasteiger charge is -1.98. The predicted molar refractivity (Wildman–Crippen MR) is 59.3 cm³/mol. The molecule has 15 heavy (non-hydrogen) atoms. The quantitative estimate of drug-likeness (QED) is 0.818. The Kier molecular flexibility index (Phi) is 2.58. The van der Waals surface area contributed by atoms with Gasteiger partial charge in [0, 0.05) is 0 Å². The third-order valence-electron chi connectivity index (χ3n) is 2.89. The molecule has 0 aromatic heterocycles. The van der Waals surface area contributed by atoms with Crippen LogP contribution in [0.1, 0.15) is 18.9 Å². The molecule has 0 aliphatic heterocycles. The van der Waals surface area contributed by atoms with Gasteiger partial charge in [-0.05, 0) is 24.8 Å². The molecule has 78 valence electrons. The normalized spacial score (nSPS) is 25.0. The highest BCUT2D eigenvalue weighted by Gasteiger charge is 2.43. The van der Waals surface area contributed by atoms with Gasteiger partial charge >= 0.3 is 5.97 Å². The van der Waals surface area contributed by atoms with Gasteiger partial charge in [0.2, 0.25) is 0 Å². The number of carbonyl (C=O) groups is 1. The smallest absolute Gasteiger partial charge is 0.307 e. The molecule has 0 amide bonds. The summed E-state index contributed by atoms with van der Waals surface area (Å²) in [7, 11) is 0. The zero-order chi connectivity index (χ0) is 10.8. The molecule has 1 aliphatic rings. The van der Waals surface area contributed by atoms with Gasteiger partial charge in [-0.1, -0.05) is 42.0 Å². The highest BCUT2D eigenvalue weighted by atomic mass is 16.4. The lowest BCUT2D eigenvalue weighted by Crippen LogP contribution is -1.99. The molecule has 2 unspecified atom stereocenters. The van der Waals surface area contributed by atoms with Crippen molar-refractivity contribution in [1.82, 2.24) is 0 Å². The van der Waals surface area contributed by atoms with Crippen molar-refractivity contribution in [2.24, 2.45) is 11.8 Å². The topological polar surface area (TPSA) is 37.3 Å². The van der Waals surface area contributed by atoms with E-state index in [4.69, 9.17) is 5.11 Å². The van der Waals surface area contributed by atoms with Gasteiger partial charge in [0.15, 0.2) is 0 Å². The summed E-state index contributed by atoms with van der Waals surface area (Å²) in [5.74, 6) is -0.562. The number of aliphatic carboxylic acids is 1. The number of allylic oxidation sites excluding steroid dienone is 1. The van der Waals surface area contributed by atoms with Crippen molar-refractivity contribution < 1.29 is 9.90 Å². The molecule has 0 saturated heterocycles. The standard InChI is InChI=1S/C13H14O2/c1-9(11-8-12(11)13(14)15)7-10-5-3-2-4-6-10/h2-7,11-12H,8H2,1H3,(H,14,15). The van der Waals surface area contributed by atoms with Crippen LogP contribution in [0, 0.1) is 11.8 Å². The summed E-state index contributed by atoms with van der Waals surface area (Å²) in [4.78, 5) is 10.7. The Morgan fingerprint density at radius 1 is 1.33 bits per heavy atom. The highest BCUT2D eigenvalue weighted by Crippen LogP contribution is 2.44. The fourth-order valence-corrected chi connectivity index (χ4v) is 1.89. The van der Waals surface area contributed by atoms with E-state index in [1.807, 2.05) is 37.3 Å². The Hall–Kier alpha value is -1.57. The Bertz CT molecular complexity index is 392. The van der Waals surface area contributed by atoms with Crippen molar-refractivity contribution in [3.63, 3.8) is 0 Å². The van der Waals surface area contributed by atoms with E-state index in [0.29, 0.717) is 0 Å². The van der Waals surface area contributed by atoms with Crippen LogP contribution in [0.3, 0.4) is 0 Å². The maximum absolute atomic E-state index is 10.7. The second kappa shape index (κ2) is 3.89. The number of carboxylic acids is 1. The van der Waals surface area contributed by atoms with E-state index in [2.05, 4.69) is 6.08 Å². The molecule has 2 atom stereocenters. The first-order valence-corrected chi connectivity index (χ1v) is 5.14. The highest BCUT2D eigenvalue weighted by molar-refractivity contribution is 5.75. The van der Waals surface area contributed by atoms with E-state index in [-0.39, 0.29) is 11.8 Å². The van der Waals surface area contributed by atoms with Crippen LogP contribution in [0.5, 0.6) is 0 Å². The Morgan fingerprint density at radius 2 is 2.00 bits per heavy atom. The van der Waals surface area contributed by atoms with Gasteiger partial charge in [-0.25, -0.2) is 0 Å². The average molecular weight is 202 g/mol. The van der Waals surface area contributed by atoms with Crippen molar-refractivity contribution in [3.8, 4) is 0 Å². The molecule has 1 N–H and O–H groups in total. The molecular formula is C13H14O2. The molecule has 2 heteroatoms. The van der Waals surface area contributed by atoms with Crippen LogP contribution in [-0.2, 0) is 4.79 Å². The molecule has 0 radical (unpaired) electrons. The van der Waals surface area contributed by atoms with Crippen molar-refractivity contribution in [2.45, 2.75) is 13.3 Å². The molecule has 1 aliphatic carbocycles. The fraction of sp³-hybridized carbons (Fsp3) is 0.308. The SMILES string of the molecule is CC(=Cc1ccccc1)C1CC1C(=O)O. The lowest BCUT2D eigenvalue weighted by molar-refractivity contribution is -0.138. The van der Waals surface area contributed by atoms with Crippen LogP contribution in [0.15, 0.2) is 35.9 Å². The zero-order valence-corrected chi connectivity index (χ0v) is 8.68. The van der Waals surface area contributed by atoms with Gasteiger partial charge in [0.05, 0.1) is 5.92 Å². The van der Waals surface area contributed by atoms with Crippen LogP contribution in [0.25, 0.3) is 6.08 Å². The van der Waals surface area contributed by atoms with Crippen LogP contribution >= 0.6 is 0 Å². The number of hydrogen-bond donors (Lipinski definition) is 1. The fourth-order valence-electron chi connectivity index (χ4n) is 1.89.